The van der Waals surface area contributed by atoms with E-state index in [4.69, 9.17) is 4.74 Å². The fourth-order valence-corrected chi connectivity index (χ4v) is 4.25. The van der Waals surface area contributed by atoms with Crippen LogP contribution in [-0.4, -0.2) is 62.3 Å². The van der Waals surface area contributed by atoms with Crippen molar-refractivity contribution in [2.45, 2.75) is 57.0 Å². The predicted octanol–water partition coefficient (Wildman–Crippen LogP) is 1.56. The van der Waals surface area contributed by atoms with E-state index in [9.17, 15) is 4.79 Å². The number of piperidine rings is 1. The number of nitrogens with zero attached hydrogens (tertiary/aromatic N) is 1. The van der Waals surface area contributed by atoms with Gasteiger partial charge >= 0.3 is 0 Å². The Labute approximate surface area is 146 Å². The van der Waals surface area contributed by atoms with Crippen molar-refractivity contribution >= 4 is 18.3 Å². The van der Waals surface area contributed by atoms with Crippen molar-refractivity contribution in [1.82, 2.24) is 15.5 Å². The summed E-state index contributed by atoms with van der Waals surface area (Å²) < 4.78 is 5.61. The molecule has 0 radical (unpaired) electrons. The van der Waals surface area contributed by atoms with Gasteiger partial charge in [-0.25, -0.2) is 0 Å². The van der Waals surface area contributed by atoms with E-state index in [2.05, 4.69) is 10.6 Å². The number of ether oxygens (including phenoxy) is 1. The summed E-state index contributed by atoms with van der Waals surface area (Å²) in [7, 11) is 0. The third kappa shape index (κ3) is 5.31. The molecule has 2 saturated heterocycles. The van der Waals surface area contributed by atoms with E-state index in [0.717, 1.165) is 39.4 Å². The van der Waals surface area contributed by atoms with Gasteiger partial charge in [-0.3, -0.25) is 4.79 Å². The molecule has 0 aromatic rings. The monoisotopic (exact) mass is 345 g/mol. The summed E-state index contributed by atoms with van der Waals surface area (Å²) in [6.45, 7) is 5.41. The van der Waals surface area contributed by atoms with Gasteiger partial charge in [-0.2, -0.15) is 0 Å². The molecule has 3 rings (SSSR count). The average Bonchev–Trinajstić information content (AvgIpc) is 3.05. The highest BCUT2D eigenvalue weighted by atomic mass is 35.5. The maximum atomic E-state index is 12.2. The molecule has 0 aromatic carbocycles. The number of morpholine rings is 1. The molecule has 1 saturated carbocycles. The molecule has 6 heteroatoms. The number of nitrogens with one attached hydrogen (secondary N) is 2. The first kappa shape index (κ1) is 19.0. The highest BCUT2D eigenvalue weighted by Gasteiger charge is 2.34. The number of hydrogen-bond acceptors (Lipinski definition) is 4. The first-order chi connectivity index (χ1) is 10.8. The van der Waals surface area contributed by atoms with Crippen molar-refractivity contribution in [3.8, 4) is 0 Å². The maximum absolute atomic E-state index is 12.2. The molecule has 0 aromatic heterocycles. The SMILES string of the molecule is Cl.O=C(CCNC1CCCC1C1COCCN1)N1CCCCC1. The van der Waals surface area contributed by atoms with Crippen LogP contribution in [0.4, 0.5) is 0 Å². The summed E-state index contributed by atoms with van der Waals surface area (Å²) in [4.78, 5) is 14.3. The number of rotatable bonds is 5. The van der Waals surface area contributed by atoms with Gasteiger partial charge in [0.1, 0.15) is 0 Å². The summed E-state index contributed by atoms with van der Waals surface area (Å²) >= 11 is 0. The van der Waals surface area contributed by atoms with E-state index in [1.165, 1.54) is 38.5 Å². The van der Waals surface area contributed by atoms with E-state index in [1.54, 1.807) is 0 Å². The number of carbonyl (C=O) groups excluding carboxylic acids is 1. The first-order valence-electron chi connectivity index (χ1n) is 9.17. The van der Waals surface area contributed by atoms with Gasteiger partial charge in [0.25, 0.3) is 0 Å². The molecule has 134 valence electrons. The van der Waals surface area contributed by atoms with E-state index >= 15 is 0 Å². The average molecular weight is 346 g/mol. The van der Waals surface area contributed by atoms with Gasteiger partial charge in [0, 0.05) is 44.7 Å². The van der Waals surface area contributed by atoms with Crippen LogP contribution in [0.15, 0.2) is 0 Å². The summed E-state index contributed by atoms with van der Waals surface area (Å²) in [6.07, 6.45) is 8.09. The van der Waals surface area contributed by atoms with Crippen molar-refractivity contribution in [3.63, 3.8) is 0 Å². The Kier molecular flexibility index (Phi) is 8.10. The van der Waals surface area contributed by atoms with Gasteiger partial charge < -0.3 is 20.3 Å². The van der Waals surface area contributed by atoms with E-state index in [-0.39, 0.29) is 12.4 Å². The second kappa shape index (κ2) is 9.82. The van der Waals surface area contributed by atoms with Gasteiger partial charge in [-0.1, -0.05) is 6.42 Å². The Bertz CT molecular complexity index is 358. The Hall–Kier alpha value is -0.360. The molecule has 2 N–H and O–H groups in total. The molecule has 3 aliphatic rings. The normalized spacial score (nSPS) is 31.7. The van der Waals surface area contributed by atoms with Crippen molar-refractivity contribution in [3.05, 3.63) is 0 Å². The Morgan fingerprint density at radius 2 is 2.00 bits per heavy atom. The number of carbonyl (C=O) groups is 1. The van der Waals surface area contributed by atoms with Crippen LogP contribution >= 0.6 is 12.4 Å². The molecule has 1 aliphatic carbocycles. The zero-order valence-corrected chi connectivity index (χ0v) is 14.9. The van der Waals surface area contributed by atoms with Crippen molar-refractivity contribution < 1.29 is 9.53 Å². The van der Waals surface area contributed by atoms with Gasteiger partial charge in [-0.05, 0) is 38.0 Å². The molecule has 2 heterocycles. The van der Waals surface area contributed by atoms with Crippen molar-refractivity contribution in [1.29, 1.82) is 0 Å². The topological polar surface area (TPSA) is 53.6 Å². The lowest BCUT2D eigenvalue weighted by molar-refractivity contribution is -0.132. The fraction of sp³-hybridized carbons (Fsp3) is 0.941. The van der Waals surface area contributed by atoms with Crippen molar-refractivity contribution in [2.75, 3.05) is 39.4 Å². The lowest BCUT2D eigenvalue weighted by atomic mass is 9.94. The van der Waals surface area contributed by atoms with Crippen LogP contribution in [0.1, 0.15) is 44.9 Å². The number of hydrogen-bond donors (Lipinski definition) is 2. The number of halogens is 1. The summed E-state index contributed by atoms with van der Waals surface area (Å²) in [5, 5.41) is 7.26. The van der Waals surface area contributed by atoms with Crippen LogP contribution < -0.4 is 10.6 Å². The smallest absolute Gasteiger partial charge is 0.223 e. The Balaban J connectivity index is 0.00000192. The Morgan fingerprint density at radius 1 is 1.17 bits per heavy atom. The molecular weight excluding hydrogens is 314 g/mol. The lowest BCUT2D eigenvalue weighted by Crippen LogP contribution is -2.51. The molecule has 23 heavy (non-hydrogen) atoms. The first-order valence-corrected chi connectivity index (χ1v) is 9.17. The molecular formula is C17H32ClN3O2. The molecule has 2 aliphatic heterocycles. The van der Waals surface area contributed by atoms with Crippen LogP contribution in [0.3, 0.4) is 0 Å². The van der Waals surface area contributed by atoms with E-state index in [0.29, 0.717) is 30.3 Å². The fourth-order valence-electron chi connectivity index (χ4n) is 4.25. The molecule has 5 nitrogen and oxygen atoms in total. The maximum Gasteiger partial charge on any atom is 0.223 e. The summed E-state index contributed by atoms with van der Waals surface area (Å²) in [6, 6.07) is 1.04. The molecule has 0 bridgehead atoms. The Morgan fingerprint density at radius 3 is 2.74 bits per heavy atom. The highest BCUT2D eigenvalue weighted by molar-refractivity contribution is 5.85. The van der Waals surface area contributed by atoms with Gasteiger partial charge in [0.2, 0.25) is 5.91 Å². The van der Waals surface area contributed by atoms with E-state index < -0.39 is 0 Å². The van der Waals surface area contributed by atoms with Crippen molar-refractivity contribution in [2.24, 2.45) is 5.92 Å². The largest absolute Gasteiger partial charge is 0.379 e. The number of likely N-dealkylation sites (tertiary alicyclic amines) is 1. The minimum Gasteiger partial charge on any atom is -0.379 e. The third-order valence-electron chi connectivity index (χ3n) is 5.49. The second-order valence-corrected chi connectivity index (χ2v) is 6.98. The predicted molar refractivity (Wildman–Crippen MR) is 94.0 cm³/mol. The van der Waals surface area contributed by atoms with Gasteiger partial charge in [0.15, 0.2) is 0 Å². The minimum absolute atomic E-state index is 0. The van der Waals surface area contributed by atoms with Gasteiger partial charge in [-0.15, -0.1) is 12.4 Å². The van der Waals surface area contributed by atoms with Crippen LogP contribution in [0.25, 0.3) is 0 Å². The zero-order chi connectivity index (χ0) is 15.2. The highest BCUT2D eigenvalue weighted by Crippen LogP contribution is 2.29. The standard InChI is InChI=1S/C17H31N3O2.ClH/c21-17(20-10-2-1-3-11-20)7-8-18-15-6-4-5-14(15)16-13-22-12-9-19-16;/h14-16,18-19H,1-13H2;1H. The molecule has 3 atom stereocenters. The van der Waals surface area contributed by atoms with Gasteiger partial charge in [0.05, 0.1) is 13.2 Å². The third-order valence-corrected chi connectivity index (χ3v) is 5.49. The molecule has 0 spiro atoms. The lowest BCUT2D eigenvalue weighted by Gasteiger charge is -2.33. The summed E-state index contributed by atoms with van der Waals surface area (Å²) in [5.41, 5.74) is 0. The van der Waals surface area contributed by atoms with Crippen LogP contribution in [-0.2, 0) is 9.53 Å². The second-order valence-electron chi connectivity index (χ2n) is 6.98. The summed E-state index contributed by atoms with van der Waals surface area (Å²) in [5.74, 6) is 0.992. The van der Waals surface area contributed by atoms with Crippen LogP contribution in [0.2, 0.25) is 0 Å². The minimum atomic E-state index is 0. The molecule has 3 unspecified atom stereocenters. The number of amides is 1. The molecule has 1 amide bonds. The van der Waals surface area contributed by atoms with Crippen LogP contribution in [0.5, 0.6) is 0 Å². The van der Waals surface area contributed by atoms with E-state index in [1.807, 2.05) is 4.90 Å². The van der Waals surface area contributed by atoms with Crippen LogP contribution in [0, 0.1) is 5.92 Å². The zero-order valence-electron chi connectivity index (χ0n) is 14.1. The quantitative estimate of drug-likeness (QED) is 0.794. The molecule has 3 fully saturated rings.